The predicted molar refractivity (Wildman–Crippen MR) is 106 cm³/mol. The Morgan fingerprint density at radius 3 is 2.75 bits per heavy atom. The van der Waals surface area contributed by atoms with Crippen LogP contribution in [0.1, 0.15) is 33.6 Å². The van der Waals surface area contributed by atoms with E-state index in [2.05, 4.69) is 10.3 Å². The lowest BCUT2D eigenvalue weighted by Crippen LogP contribution is -2.48. The molecule has 1 atom stereocenters. The van der Waals surface area contributed by atoms with Gasteiger partial charge in [0.05, 0.1) is 11.0 Å². The van der Waals surface area contributed by atoms with Crippen LogP contribution in [0.25, 0.3) is 11.1 Å². The fraction of sp³-hybridized carbons (Fsp3) is 0.529. The molecule has 1 amide bonds. The normalized spacial score (nSPS) is 19.1. The minimum Gasteiger partial charge on any atom is -0.440 e. The zero-order chi connectivity index (χ0) is 20.6. The maximum atomic E-state index is 12.5. The van der Waals surface area contributed by atoms with Gasteiger partial charge in [-0.25, -0.2) is 9.29 Å². The Bertz CT molecular complexity index is 909. The number of carbonyl (C=O) groups excluding carboxylic acids is 1. The largest absolute Gasteiger partial charge is 0.440 e. The highest BCUT2D eigenvalue weighted by Crippen LogP contribution is 2.34. The first-order valence-corrected chi connectivity index (χ1v) is 9.61. The standard InChI is InChI=1S/C17H23N5O5S/c1-10-9-20(24)5-6-21(10)28-16(23)19-11-7-12-14(8-13(11)22(25)26)27-15(18-12)17(2,3)4/h7-8,10,24H,5-6,9H2,1-4H3,(H,19,23). The van der Waals surface area contributed by atoms with Crippen LogP contribution in [-0.2, 0) is 5.41 Å². The lowest BCUT2D eigenvalue weighted by molar-refractivity contribution is -0.383. The number of hydroxylamine groups is 2. The molecule has 11 heteroatoms. The first-order chi connectivity index (χ1) is 13.0. The maximum Gasteiger partial charge on any atom is 0.298 e. The molecular formula is C17H23N5O5S. The molecule has 2 heterocycles. The van der Waals surface area contributed by atoms with E-state index >= 15 is 0 Å². The first kappa shape index (κ1) is 20.5. The van der Waals surface area contributed by atoms with Gasteiger partial charge in [0.15, 0.2) is 5.58 Å². The van der Waals surface area contributed by atoms with Crippen LogP contribution in [0.5, 0.6) is 0 Å². The van der Waals surface area contributed by atoms with Gasteiger partial charge in [0.2, 0.25) is 5.89 Å². The van der Waals surface area contributed by atoms with Crippen molar-refractivity contribution in [3.8, 4) is 0 Å². The highest BCUT2D eigenvalue weighted by Gasteiger charge is 2.28. The van der Waals surface area contributed by atoms with Crippen LogP contribution in [0.4, 0.5) is 16.2 Å². The van der Waals surface area contributed by atoms with Crippen LogP contribution in [0.2, 0.25) is 0 Å². The molecule has 2 aromatic rings. The van der Waals surface area contributed by atoms with Crippen molar-refractivity contribution in [2.75, 3.05) is 25.0 Å². The number of oxazole rings is 1. The molecule has 0 bridgehead atoms. The maximum absolute atomic E-state index is 12.5. The third-order valence-corrected chi connectivity index (χ3v) is 5.37. The number of hydrogen-bond donors (Lipinski definition) is 2. The second kappa shape index (κ2) is 7.66. The van der Waals surface area contributed by atoms with E-state index in [9.17, 15) is 20.1 Å². The zero-order valence-electron chi connectivity index (χ0n) is 16.1. The van der Waals surface area contributed by atoms with Gasteiger partial charge in [-0.2, -0.15) is 5.06 Å². The van der Waals surface area contributed by atoms with Crippen molar-refractivity contribution in [2.24, 2.45) is 0 Å². The number of aromatic nitrogens is 1. The van der Waals surface area contributed by atoms with E-state index in [1.54, 1.807) is 0 Å². The molecule has 28 heavy (non-hydrogen) atoms. The van der Waals surface area contributed by atoms with Crippen molar-refractivity contribution < 1.29 is 19.3 Å². The Morgan fingerprint density at radius 2 is 2.14 bits per heavy atom. The molecule has 1 aromatic heterocycles. The molecular weight excluding hydrogens is 386 g/mol. The van der Waals surface area contributed by atoms with E-state index in [0.29, 0.717) is 36.6 Å². The van der Waals surface area contributed by atoms with Gasteiger partial charge in [-0.3, -0.25) is 14.9 Å². The lowest BCUT2D eigenvalue weighted by Gasteiger charge is -2.35. The molecule has 3 rings (SSSR count). The van der Waals surface area contributed by atoms with Gasteiger partial charge in [0, 0.05) is 43.0 Å². The van der Waals surface area contributed by atoms with Crippen molar-refractivity contribution in [2.45, 2.75) is 39.2 Å². The number of anilines is 1. The zero-order valence-corrected chi connectivity index (χ0v) is 16.9. The number of nitro benzene ring substituents is 1. The Hall–Kier alpha value is -2.21. The molecule has 152 valence electrons. The third-order valence-electron chi connectivity index (χ3n) is 4.33. The second-order valence-corrected chi connectivity index (χ2v) is 8.79. The quantitative estimate of drug-likeness (QED) is 0.444. The minimum absolute atomic E-state index is 0.0446. The molecule has 1 fully saturated rings. The van der Waals surface area contributed by atoms with Gasteiger partial charge in [0.25, 0.3) is 10.9 Å². The van der Waals surface area contributed by atoms with Crippen molar-refractivity contribution in [3.63, 3.8) is 0 Å². The molecule has 0 radical (unpaired) electrons. The molecule has 1 unspecified atom stereocenters. The van der Waals surface area contributed by atoms with Crippen LogP contribution >= 0.6 is 11.9 Å². The van der Waals surface area contributed by atoms with Crippen LogP contribution in [0.3, 0.4) is 0 Å². The number of rotatable bonds is 3. The smallest absolute Gasteiger partial charge is 0.298 e. The number of piperazine rings is 1. The number of benzene rings is 1. The molecule has 1 saturated heterocycles. The van der Waals surface area contributed by atoms with E-state index in [0.717, 1.165) is 11.9 Å². The SMILES string of the molecule is CC1CN(O)CCN1SC(=O)Nc1cc2nc(C(C)(C)C)oc2cc1[N+](=O)[O-]. The predicted octanol–water partition coefficient (Wildman–Crippen LogP) is 3.61. The number of fused-ring (bicyclic) bond motifs is 1. The summed E-state index contributed by atoms with van der Waals surface area (Å²) < 4.78 is 7.49. The lowest BCUT2D eigenvalue weighted by atomic mass is 9.97. The van der Waals surface area contributed by atoms with Crippen molar-refractivity contribution in [1.82, 2.24) is 14.4 Å². The van der Waals surface area contributed by atoms with Gasteiger partial charge in [-0.15, -0.1) is 0 Å². The summed E-state index contributed by atoms with van der Waals surface area (Å²) in [5.74, 6) is 0.463. The van der Waals surface area contributed by atoms with Gasteiger partial charge in [-0.05, 0) is 13.0 Å². The highest BCUT2D eigenvalue weighted by atomic mass is 32.2. The average molecular weight is 409 g/mol. The van der Waals surface area contributed by atoms with Crippen LogP contribution in [-0.4, -0.2) is 55.4 Å². The first-order valence-electron chi connectivity index (χ1n) is 8.83. The molecule has 0 saturated carbocycles. The van der Waals surface area contributed by atoms with Crippen molar-refractivity contribution in [1.29, 1.82) is 0 Å². The molecule has 1 aliphatic heterocycles. The van der Waals surface area contributed by atoms with Crippen LogP contribution in [0.15, 0.2) is 16.5 Å². The molecule has 1 aliphatic rings. The Balaban J connectivity index is 1.83. The number of carbonyl (C=O) groups is 1. The van der Waals surface area contributed by atoms with Gasteiger partial charge in [0.1, 0.15) is 11.2 Å². The van der Waals surface area contributed by atoms with E-state index in [-0.39, 0.29) is 22.8 Å². The van der Waals surface area contributed by atoms with E-state index in [1.807, 2.05) is 32.0 Å². The van der Waals surface area contributed by atoms with Gasteiger partial charge < -0.3 is 14.9 Å². The Morgan fingerprint density at radius 1 is 1.43 bits per heavy atom. The van der Waals surface area contributed by atoms with Crippen molar-refractivity contribution in [3.05, 3.63) is 28.1 Å². The summed E-state index contributed by atoms with van der Waals surface area (Å²) in [7, 11) is 0. The number of nitrogens with one attached hydrogen (secondary N) is 1. The number of nitro groups is 1. The van der Waals surface area contributed by atoms with E-state index in [1.165, 1.54) is 17.2 Å². The fourth-order valence-corrected chi connectivity index (χ4v) is 3.62. The fourth-order valence-electron chi connectivity index (χ4n) is 2.83. The minimum atomic E-state index is -0.563. The highest BCUT2D eigenvalue weighted by molar-refractivity contribution is 8.11. The van der Waals surface area contributed by atoms with E-state index < -0.39 is 10.2 Å². The van der Waals surface area contributed by atoms with Crippen LogP contribution in [0, 0.1) is 10.1 Å². The van der Waals surface area contributed by atoms with Gasteiger partial charge >= 0.3 is 0 Å². The van der Waals surface area contributed by atoms with Gasteiger partial charge in [-0.1, -0.05) is 20.8 Å². The van der Waals surface area contributed by atoms with E-state index in [4.69, 9.17) is 4.42 Å². The molecule has 0 aliphatic carbocycles. The Kier molecular flexibility index (Phi) is 5.62. The molecule has 1 aromatic carbocycles. The summed E-state index contributed by atoms with van der Waals surface area (Å²) >= 11 is 0.940. The molecule has 10 nitrogen and oxygen atoms in total. The topological polar surface area (TPSA) is 125 Å². The summed E-state index contributed by atoms with van der Waals surface area (Å²) in [6.07, 6.45) is 0. The molecule has 2 N–H and O–H groups in total. The average Bonchev–Trinajstić information content (AvgIpc) is 3.00. The van der Waals surface area contributed by atoms with Crippen molar-refractivity contribution >= 4 is 39.7 Å². The second-order valence-electron chi connectivity index (χ2n) is 7.77. The summed E-state index contributed by atoms with van der Waals surface area (Å²) in [5, 5.41) is 24.4. The summed E-state index contributed by atoms with van der Waals surface area (Å²) in [4.78, 5) is 27.8. The summed E-state index contributed by atoms with van der Waals surface area (Å²) in [5.41, 5.74) is 0.203. The monoisotopic (exact) mass is 409 g/mol. The molecule has 0 spiro atoms. The number of nitrogens with zero attached hydrogens (tertiary/aromatic N) is 4. The number of hydrogen-bond acceptors (Lipinski definition) is 9. The summed E-state index contributed by atoms with van der Waals surface area (Å²) in [6.45, 7) is 9.01. The summed E-state index contributed by atoms with van der Waals surface area (Å²) in [6, 6.07) is 2.70. The number of amides is 1. The third kappa shape index (κ3) is 4.43. The Labute approximate surface area is 166 Å². The van der Waals surface area contributed by atoms with Crippen LogP contribution < -0.4 is 5.32 Å².